The van der Waals surface area contributed by atoms with E-state index in [1.807, 2.05) is 66.7 Å². The number of nitrogens with zero attached hydrogens (tertiary/aromatic N) is 1. The molecule has 8 rings (SSSR count). The van der Waals surface area contributed by atoms with Crippen LogP contribution in [0.1, 0.15) is 103 Å². The summed E-state index contributed by atoms with van der Waals surface area (Å²) >= 11 is 6.41. The monoisotopic (exact) mass is 721 g/mol. The Hall–Kier alpha value is -4.54. The number of hydrogen-bond acceptors (Lipinski definition) is 6. The molecule has 52 heavy (non-hydrogen) atoms. The highest BCUT2D eigenvalue weighted by atomic mass is 35.5. The third-order valence-electron chi connectivity index (χ3n) is 12.2. The van der Waals surface area contributed by atoms with Gasteiger partial charge in [-0.1, -0.05) is 85.8 Å². The molecular formula is C41H44ClN5O5. The summed E-state index contributed by atoms with van der Waals surface area (Å²) in [6.07, 6.45) is 8.53. The van der Waals surface area contributed by atoms with Gasteiger partial charge in [-0.3, -0.25) is 34.6 Å². The number of halogens is 1. The molecule has 0 radical (unpaired) electrons. The van der Waals surface area contributed by atoms with E-state index in [9.17, 15) is 24.0 Å². The Morgan fingerprint density at radius 1 is 0.904 bits per heavy atom. The number of rotatable bonds is 9. The Morgan fingerprint density at radius 2 is 1.71 bits per heavy atom. The van der Waals surface area contributed by atoms with Gasteiger partial charge in [0.25, 0.3) is 5.91 Å². The minimum Gasteiger partial charge on any atom is -0.355 e. The summed E-state index contributed by atoms with van der Waals surface area (Å²) in [6, 6.07) is 20.1. The minimum atomic E-state index is -0.970. The molecule has 4 aliphatic heterocycles. The van der Waals surface area contributed by atoms with E-state index in [1.165, 1.54) is 0 Å². The predicted octanol–water partition coefficient (Wildman–Crippen LogP) is 5.28. The predicted molar refractivity (Wildman–Crippen MR) is 197 cm³/mol. The molecule has 4 N–H and O–H groups in total. The van der Waals surface area contributed by atoms with E-state index in [0.29, 0.717) is 30.1 Å². The second-order valence-corrected chi connectivity index (χ2v) is 15.5. The zero-order valence-electron chi connectivity index (χ0n) is 29.1. The third kappa shape index (κ3) is 5.62. The first-order valence-electron chi connectivity index (χ1n) is 18.7. The topological polar surface area (TPSA) is 137 Å². The number of fused-ring (bicyclic) bond motifs is 4. The molecule has 0 bridgehead atoms. The summed E-state index contributed by atoms with van der Waals surface area (Å²) in [5, 5.41) is 13.2. The van der Waals surface area contributed by atoms with Crippen LogP contribution in [0.5, 0.6) is 0 Å². The Bertz CT molecular complexity index is 1940. The lowest BCUT2D eigenvalue weighted by Gasteiger charge is -2.47. The van der Waals surface area contributed by atoms with Crippen LogP contribution in [-0.2, 0) is 37.6 Å². The molecule has 2 spiro atoms. The number of piperidine rings is 1. The first-order valence-corrected chi connectivity index (χ1v) is 19.1. The molecule has 4 heterocycles. The smallest absolute Gasteiger partial charge is 0.255 e. The van der Waals surface area contributed by atoms with Crippen LogP contribution in [0.25, 0.3) is 0 Å². The number of nitrogens with one attached hydrogen (secondary N) is 4. The van der Waals surface area contributed by atoms with Gasteiger partial charge in [-0.25, -0.2) is 0 Å². The number of carbonyl (C=O) groups is 5. The van der Waals surface area contributed by atoms with Crippen LogP contribution in [0.15, 0.2) is 66.7 Å². The average molecular weight is 722 g/mol. The maximum absolute atomic E-state index is 14.5. The van der Waals surface area contributed by atoms with E-state index in [4.69, 9.17) is 11.6 Å². The summed E-state index contributed by atoms with van der Waals surface area (Å²) in [5.74, 6) is -1.46. The van der Waals surface area contributed by atoms with Gasteiger partial charge in [-0.2, -0.15) is 0 Å². The van der Waals surface area contributed by atoms with Crippen molar-refractivity contribution < 1.29 is 24.0 Å². The highest BCUT2D eigenvalue weighted by Crippen LogP contribution is 2.62. The summed E-state index contributed by atoms with van der Waals surface area (Å²) in [6.45, 7) is 0.869. The molecule has 3 aromatic rings. The molecule has 2 saturated heterocycles. The Morgan fingerprint density at radius 3 is 2.50 bits per heavy atom. The molecule has 1 aliphatic carbocycles. The van der Waals surface area contributed by atoms with Crippen molar-refractivity contribution in [1.29, 1.82) is 0 Å². The lowest BCUT2D eigenvalue weighted by atomic mass is 9.55. The van der Waals surface area contributed by atoms with Crippen molar-refractivity contribution in [2.24, 2.45) is 0 Å². The quantitative estimate of drug-likeness (QED) is 0.176. The minimum absolute atomic E-state index is 0.0716. The summed E-state index contributed by atoms with van der Waals surface area (Å²) in [4.78, 5) is 67.7. The van der Waals surface area contributed by atoms with Crippen molar-refractivity contribution >= 4 is 46.8 Å². The Labute approximate surface area is 308 Å². The molecule has 1 unspecified atom stereocenters. The fourth-order valence-corrected chi connectivity index (χ4v) is 10.1. The SMILES string of the molecule is O=C1CCC(N2Cc3c(CCCCCNC(=O)[C@@H]4NC5(CCCCC5)[C@@]5(C(=O)Nc6cc(Cl)ccc65)[C@H]4c4ccccc4)cccc3C2=O)C(=O)N1. The number of imide groups is 1. The van der Waals surface area contributed by atoms with Crippen LogP contribution in [0.3, 0.4) is 0 Å². The lowest BCUT2D eigenvalue weighted by Crippen LogP contribution is -2.60. The van der Waals surface area contributed by atoms with Gasteiger partial charge in [0.05, 0.1) is 6.04 Å². The van der Waals surface area contributed by atoms with Gasteiger partial charge in [-0.15, -0.1) is 0 Å². The number of amides is 5. The Kier molecular flexibility index (Phi) is 9.16. The maximum Gasteiger partial charge on any atom is 0.255 e. The highest BCUT2D eigenvalue weighted by Gasteiger charge is 2.71. The van der Waals surface area contributed by atoms with Crippen molar-refractivity contribution in [3.05, 3.63) is 99.6 Å². The van der Waals surface area contributed by atoms with E-state index in [2.05, 4.69) is 21.3 Å². The van der Waals surface area contributed by atoms with Crippen molar-refractivity contribution in [2.75, 3.05) is 11.9 Å². The van der Waals surface area contributed by atoms with Crippen LogP contribution in [0.4, 0.5) is 5.69 Å². The van der Waals surface area contributed by atoms with Crippen LogP contribution in [0.2, 0.25) is 5.02 Å². The highest BCUT2D eigenvalue weighted by molar-refractivity contribution is 6.31. The second kappa shape index (κ2) is 13.8. The zero-order valence-corrected chi connectivity index (χ0v) is 29.9. The fourth-order valence-electron chi connectivity index (χ4n) is 9.97. The van der Waals surface area contributed by atoms with Gasteiger partial charge in [0.15, 0.2) is 0 Å². The molecule has 5 aliphatic rings. The van der Waals surface area contributed by atoms with Gasteiger partial charge in [0.2, 0.25) is 23.6 Å². The summed E-state index contributed by atoms with van der Waals surface area (Å²) in [5.41, 5.74) is 3.71. The third-order valence-corrected chi connectivity index (χ3v) is 12.5. The normalized spacial score (nSPS) is 26.0. The molecule has 11 heteroatoms. The molecule has 3 fully saturated rings. The first-order chi connectivity index (χ1) is 25.2. The summed E-state index contributed by atoms with van der Waals surface area (Å²) in [7, 11) is 0. The van der Waals surface area contributed by atoms with E-state index in [0.717, 1.165) is 85.7 Å². The number of carbonyl (C=O) groups excluding carboxylic acids is 5. The maximum atomic E-state index is 14.5. The molecule has 10 nitrogen and oxygen atoms in total. The lowest BCUT2D eigenvalue weighted by molar-refractivity contribution is -0.137. The standard InChI is InChI=1S/C41H44ClN5O5/c42-27-16-17-30-31(23-27)44-39(52)41(30)34(26-12-4-1-5-13-26)35(46-40(41)20-7-3-8-21-40)37(50)43-22-9-2-6-11-25-14-10-15-28-29(25)24-47(38(28)51)32-18-19-33(48)45-36(32)49/h1,4-5,10,12-17,23,32,34-35,46H,2-3,6-9,11,18-22,24H2,(H,43,50)(H,44,52)(H,45,48,49)/t32?,34-,35+,41+/m0/s1. The Balaban J connectivity index is 0.948. The molecule has 1 saturated carbocycles. The van der Waals surface area contributed by atoms with Crippen molar-refractivity contribution in [3.63, 3.8) is 0 Å². The van der Waals surface area contributed by atoms with Crippen molar-refractivity contribution in [3.8, 4) is 0 Å². The molecule has 4 atom stereocenters. The molecule has 5 amide bonds. The van der Waals surface area contributed by atoms with Crippen molar-refractivity contribution in [2.45, 2.75) is 106 Å². The van der Waals surface area contributed by atoms with Gasteiger partial charge < -0.3 is 15.5 Å². The van der Waals surface area contributed by atoms with Crippen LogP contribution >= 0.6 is 11.6 Å². The fraction of sp³-hybridized carbons (Fsp3) is 0.439. The van der Waals surface area contributed by atoms with E-state index in [-0.39, 0.29) is 30.0 Å². The van der Waals surface area contributed by atoms with Crippen LogP contribution in [-0.4, -0.2) is 58.6 Å². The number of hydrogen-bond donors (Lipinski definition) is 4. The van der Waals surface area contributed by atoms with Crippen LogP contribution < -0.4 is 21.3 Å². The average Bonchev–Trinajstić information content (AvgIpc) is 3.74. The number of anilines is 1. The molecule has 270 valence electrons. The van der Waals surface area contributed by atoms with Crippen molar-refractivity contribution in [1.82, 2.24) is 20.9 Å². The van der Waals surface area contributed by atoms with Gasteiger partial charge in [0.1, 0.15) is 11.5 Å². The van der Waals surface area contributed by atoms with E-state index < -0.39 is 34.9 Å². The molecular weight excluding hydrogens is 678 g/mol. The molecule has 3 aromatic carbocycles. The van der Waals surface area contributed by atoms with Gasteiger partial charge in [-0.05, 0) is 79.0 Å². The van der Waals surface area contributed by atoms with E-state index in [1.54, 1.807) is 4.90 Å². The zero-order chi connectivity index (χ0) is 36.0. The molecule has 0 aromatic heterocycles. The number of unbranched alkanes of at least 4 members (excludes halogenated alkanes) is 2. The largest absolute Gasteiger partial charge is 0.355 e. The number of benzene rings is 3. The summed E-state index contributed by atoms with van der Waals surface area (Å²) < 4.78 is 0. The van der Waals surface area contributed by atoms with Crippen LogP contribution in [0, 0.1) is 0 Å². The van der Waals surface area contributed by atoms with E-state index >= 15 is 0 Å². The second-order valence-electron chi connectivity index (χ2n) is 15.1. The van der Waals surface area contributed by atoms with Gasteiger partial charge >= 0.3 is 0 Å². The first kappa shape index (κ1) is 34.5. The number of aryl methyl sites for hydroxylation is 1. The van der Waals surface area contributed by atoms with Gasteiger partial charge in [0, 0.05) is 47.2 Å².